The molecule has 1 aliphatic rings. The van der Waals surface area contributed by atoms with Crippen LogP contribution in [0.3, 0.4) is 0 Å². The first kappa shape index (κ1) is 18.4. The van der Waals surface area contributed by atoms with Crippen LogP contribution in [-0.4, -0.2) is 28.5 Å². The third kappa shape index (κ3) is 3.52. The summed E-state index contributed by atoms with van der Waals surface area (Å²) in [6.07, 6.45) is 5.48. The van der Waals surface area contributed by atoms with Crippen LogP contribution in [0.2, 0.25) is 0 Å². The number of fused-ring (bicyclic) bond motifs is 2. The van der Waals surface area contributed by atoms with Gasteiger partial charge in [-0.25, -0.2) is 0 Å². The Kier molecular flexibility index (Phi) is 4.67. The first-order chi connectivity index (χ1) is 14.7. The maximum absolute atomic E-state index is 12.2. The third-order valence-corrected chi connectivity index (χ3v) is 5.73. The maximum atomic E-state index is 12.2. The molecule has 1 N–H and O–H groups in total. The van der Waals surface area contributed by atoms with Crippen molar-refractivity contribution in [2.24, 2.45) is 0 Å². The standard InChI is InChI=1S/C24H22N4O2/c1-28(15-17-7-6-16-4-2-3-5-20(16)17)18-8-10-19(11-9-18)30-24-26-22-14-25-13-12-21(22)23(29)27-24/h2-5,8-14,17H,6-7,15H2,1H3,(H,26,27,29). The van der Waals surface area contributed by atoms with E-state index in [1.54, 1.807) is 18.5 Å². The summed E-state index contributed by atoms with van der Waals surface area (Å²) in [6.45, 7) is 0.976. The van der Waals surface area contributed by atoms with Crippen LogP contribution in [0, 0.1) is 0 Å². The number of pyridine rings is 1. The summed E-state index contributed by atoms with van der Waals surface area (Å²) in [5, 5.41) is 0.489. The number of rotatable bonds is 5. The maximum Gasteiger partial charge on any atom is 0.302 e. The minimum Gasteiger partial charge on any atom is -0.426 e. The topological polar surface area (TPSA) is 71.1 Å². The average Bonchev–Trinajstić information content (AvgIpc) is 3.17. The van der Waals surface area contributed by atoms with Gasteiger partial charge in [0.05, 0.1) is 17.1 Å². The molecule has 2 aromatic carbocycles. The quantitative estimate of drug-likeness (QED) is 0.543. The number of hydrogen-bond donors (Lipinski definition) is 1. The summed E-state index contributed by atoms with van der Waals surface area (Å²) in [7, 11) is 2.12. The summed E-state index contributed by atoms with van der Waals surface area (Å²) >= 11 is 0. The smallest absolute Gasteiger partial charge is 0.302 e. The van der Waals surface area contributed by atoms with Crippen molar-refractivity contribution in [3.8, 4) is 11.8 Å². The van der Waals surface area contributed by atoms with Crippen molar-refractivity contribution in [1.82, 2.24) is 15.0 Å². The lowest BCUT2D eigenvalue weighted by Crippen LogP contribution is -2.23. The fraction of sp³-hybridized carbons (Fsp3) is 0.208. The zero-order chi connectivity index (χ0) is 20.5. The largest absolute Gasteiger partial charge is 0.426 e. The SMILES string of the molecule is CN(CC1CCc2ccccc21)c1ccc(Oc2nc3cnccc3c(=O)[nH]2)cc1. The van der Waals surface area contributed by atoms with Crippen molar-refractivity contribution in [1.29, 1.82) is 0 Å². The summed E-state index contributed by atoms with van der Waals surface area (Å²) in [5.74, 6) is 1.17. The van der Waals surface area contributed by atoms with Crippen LogP contribution >= 0.6 is 0 Å². The number of likely N-dealkylation sites (N-methyl/N-ethyl adjacent to an activating group) is 1. The van der Waals surface area contributed by atoms with E-state index < -0.39 is 0 Å². The lowest BCUT2D eigenvalue weighted by atomic mass is 10.0. The first-order valence-corrected chi connectivity index (χ1v) is 10.1. The van der Waals surface area contributed by atoms with Gasteiger partial charge >= 0.3 is 6.01 Å². The average molecular weight is 398 g/mol. The fourth-order valence-electron chi connectivity index (χ4n) is 4.17. The molecule has 0 bridgehead atoms. The predicted octanol–water partition coefficient (Wildman–Crippen LogP) is 4.28. The van der Waals surface area contributed by atoms with Crippen molar-refractivity contribution < 1.29 is 4.74 Å². The van der Waals surface area contributed by atoms with E-state index >= 15 is 0 Å². The molecule has 0 spiro atoms. The lowest BCUT2D eigenvalue weighted by Gasteiger charge is -2.24. The predicted molar refractivity (Wildman–Crippen MR) is 117 cm³/mol. The Hall–Kier alpha value is -3.67. The van der Waals surface area contributed by atoms with Crippen LogP contribution in [-0.2, 0) is 6.42 Å². The zero-order valence-electron chi connectivity index (χ0n) is 16.7. The van der Waals surface area contributed by atoms with Crippen LogP contribution in [0.15, 0.2) is 71.8 Å². The van der Waals surface area contributed by atoms with Gasteiger partial charge in [-0.05, 0) is 54.3 Å². The Balaban J connectivity index is 1.29. The number of hydrogen-bond acceptors (Lipinski definition) is 5. The summed E-state index contributed by atoms with van der Waals surface area (Å²) in [4.78, 5) is 25.5. The molecule has 6 nitrogen and oxygen atoms in total. The molecule has 0 radical (unpaired) electrons. The van der Waals surface area contributed by atoms with Gasteiger partial charge in [0.25, 0.3) is 5.56 Å². The Bertz CT molecular complexity index is 1250. The Labute approximate surface area is 174 Å². The molecule has 1 atom stereocenters. The van der Waals surface area contributed by atoms with Crippen LogP contribution in [0.1, 0.15) is 23.5 Å². The molecule has 0 saturated carbocycles. The van der Waals surface area contributed by atoms with Gasteiger partial charge < -0.3 is 9.64 Å². The van der Waals surface area contributed by atoms with Crippen molar-refractivity contribution in [2.75, 3.05) is 18.5 Å². The first-order valence-electron chi connectivity index (χ1n) is 10.1. The molecule has 0 aliphatic heterocycles. The highest BCUT2D eigenvalue weighted by Crippen LogP contribution is 2.34. The van der Waals surface area contributed by atoms with E-state index in [9.17, 15) is 4.79 Å². The third-order valence-electron chi connectivity index (χ3n) is 5.73. The van der Waals surface area contributed by atoms with E-state index in [1.165, 1.54) is 17.5 Å². The highest BCUT2D eigenvalue weighted by atomic mass is 16.5. The highest BCUT2D eigenvalue weighted by molar-refractivity contribution is 5.76. The second-order valence-corrected chi connectivity index (χ2v) is 7.67. The van der Waals surface area contributed by atoms with Crippen LogP contribution in [0.25, 0.3) is 10.9 Å². The number of aryl methyl sites for hydroxylation is 1. The van der Waals surface area contributed by atoms with Gasteiger partial charge in [0.15, 0.2) is 0 Å². The number of nitrogens with zero attached hydrogens (tertiary/aromatic N) is 3. The summed E-state index contributed by atoms with van der Waals surface area (Å²) < 4.78 is 5.77. The van der Waals surface area contributed by atoms with Crippen LogP contribution < -0.4 is 15.2 Å². The molecule has 1 unspecified atom stereocenters. The van der Waals surface area contributed by atoms with Gasteiger partial charge in [0, 0.05) is 31.4 Å². The second-order valence-electron chi connectivity index (χ2n) is 7.67. The van der Waals surface area contributed by atoms with Crippen molar-refractivity contribution in [3.63, 3.8) is 0 Å². The molecule has 4 aromatic rings. The number of anilines is 1. The van der Waals surface area contributed by atoms with Gasteiger partial charge in [-0.2, -0.15) is 4.98 Å². The number of nitrogens with one attached hydrogen (secondary N) is 1. The van der Waals surface area contributed by atoms with Crippen LogP contribution in [0.4, 0.5) is 5.69 Å². The number of aromatic amines is 1. The lowest BCUT2D eigenvalue weighted by molar-refractivity contribution is 0.442. The molecular weight excluding hydrogens is 376 g/mol. The molecule has 0 saturated heterocycles. The number of ether oxygens (including phenoxy) is 1. The number of aromatic nitrogens is 3. The summed E-state index contributed by atoms with van der Waals surface area (Å²) in [5.41, 5.74) is 4.34. The van der Waals surface area contributed by atoms with Crippen molar-refractivity contribution >= 4 is 16.6 Å². The van der Waals surface area contributed by atoms with Gasteiger partial charge in [-0.15, -0.1) is 0 Å². The highest BCUT2D eigenvalue weighted by Gasteiger charge is 2.23. The van der Waals surface area contributed by atoms with E-state index in [-0.39, 0.29) is 11.6 Å². The molecule has 0 amide bonds. The van der Waals surface area contributed by atoms with Gasteiger partial charge in [-0.3, -0.25) is 14.8 Å². The molecule has 1 aliphatic carbocycles. The van der Waals surface area contributed by atoms with Gasteiger partial charge in [0.2, 0.25) is 0 Å². The molecule has 2 heterocycles. The number of H-pyrrole nitrogens is 1. The Morgan fingerprint density at radius 2 is 1.97 bits per heavy atom. The van der Waals surface area contributed by atoms with Gasteiger partial charge in [0.1, 0.15) is 5.75 Å². The van der Waals surface area contributed by atoms with E-state index in [2.05, 4.69) is 51.2 Å². The van der Waals surface area contributed by atoms with Crippen molar-refractivity contribution in [3.05, 3.63) is 88.5 Å². The molecule has 150 valence electrons. The van der Waals surface area contributed by atoms with E-state index in [4.69, 9.17) is 4.74 Å². The second kappa shape index (κ2) is 7.63. The molecule has 2 aromatic heterocycles. The molecule has 5 rings (SSSR count). The normalized spacial score (nSPS) is 15.2. The molecule has 30 heavy (non-hydrogen) atoms. The minimum atomic E-state index is -0.245. The molecular formula is C24H22N4O2. The Morgan fingerprint density at radius 3 is 2.83 bits per heavy atom. The van der Waals surface area contributed by atoms with E-state index in [0.29, 0.717) is 22.6 Å². The summed E-state index contributed by atoms with van der Waals surface area (Å²) in [6, 6.07) is 18.4. The van der Waals surface area contributed by atoms with E-state index in [1.807, 2.05) is 24.3 Å². The Morgan fingerprint density at radius 1 is 1.13 bits per heavy atom. The zero-order valence-corrected chi connectivity index (χ0v) is 16.7. The van der Waals surface area contributed by atoms with E-state index in [0.717, 1.165) is 18.7 Å². The number of benzene rings is 2. The van der Waals surface area contributed by atoms with Gasteiger partial charge in [-0.1, -0.05) is 24.3 Å². The van der Waals surface area contributed by atoms with Crippen LogP contribution in [0.5, 0.6) is 11.8 Å². The molecule has 6 heteroatoms. The minimum absolute atomic E-state index is 0.157. The fourth-order valence-corrected chi connectivity index (χ4v) is 4.17. The molecule has 0 fully saturated rings. The monoisotopic (exact) mass is 398 g/mol. The van der Waals surface area contributed by atoms with Crippen molar-refractivity contribution in [2.45, 2.75) is 18.8 Å².